The normalized spacial score (nSPS) is 11.8. The Balaban J connectivity index is 2.80. The van der Waals surface area contributed by atoms with E-state index < -0.39 is 10.0 Å². The summed E-state index contributed by atoms with van der Waals surface area (Å²) in [5, 5.41) is 8.88. The van der Waals surface area contributed by atoms with Crippen molar-refractivity contribution in [1.82, 2.24) is 4.90 Å². The van der Waals surface area contributed by atoms with Crippen LogP contribution in [0.4, 0.5) is 5.69 Å². The molecule has 22 heavy (non-hydrogen) atoms. The molecule has 3 N–H and O–H groups in total. The van der Waals surface area contributed by atoms with Crippen LogP contribution in [0.5, 0.6) is 0 Å². The third kappa shape index (κ3) is 6.29. The molecule has 0 fully saturated rings. The first kappa shape index (κ1) is 18.9. The van der Waals surface area contributed by atoms with Gasteiger partial charge in [-0.1, -0.05) is 27.7 Å². The number of anilines is 1. The molecule has 124 valence electrons. The fourth-order valence-electron chi connectivity index (χ4n) is 2.05. The molecule has 0 amide bonds. The summed E-state index contributed by atoms with van der Waals surface area (Å²) in [5.74, 6) is 1.01. The van der Waals surface area contributed by atoms with Gasteiger partial charge in [-0.3, -0.25) is 0 Å². The molecule has 0 bridgehead atoms. The van der Waals surface area contributed by atoms with Crippen LogP contribution in [0.2, 0.25) is 0 Å². The van der Waals surface area contributed by atoms with Gasteiger partial charge in [0.2, 0.25) is 10.0 Å². The van der Waals surface area contributed by atoms with E-state index in [-0.39, 0.29) is 4.90 Å². The number of rotatable bonds is 6. The first-order chi connectivity index (χ1) is 10.1. The molecule has 0 spiro atoms. The van der Waals surface area contributed by atoms with Crippen LogP contribution in [0.25, 0.3) is 0 Å². The van der Waals surface area contributed by atoms with E-state index in [1.165, 1.54) is 12.1 Å². The van der Waals surface area contributed by atoms with E-state index in [1.807, 2.05) is 0 Å². The SMILES string of the molecule is CC(C)CN(CC(C)C)C(=S)Nc1ccc(S(N)(=O)=O)cc1. The van der Waals surface area contributed by atoms with Gasteiger partial charge in [-0.05, 0) is 48.3 Å². The van der Waals surface area contributed by atoms with Crippen molar-refractivity contribution in [1.29, 1.82) is 0 Å². The molecule has 0 atom stereocenters. The van der Waals surface area contributed by atoms with Gasteiger partial charge >= 0.3 is 0 Å². The lowest BCUT2D eigenvalue weighted by Gasteiger charge is -2.29. The molecule has 0 aliphatic rings. The van der Waals surface area contributed by atoms with Crippen molar-refractivity contribution in [2.45, 2.75) is 32.6 Å². The number of hydrogen-bond donors (Lipinski definition) is 2. The summed E-state index contributed by atoms with van der Waals surface area (Å²) < 4.78 is 22.5. The number of primary sulfonamides is 1. The Kier molecular flexibility index (Phi) is 6.77. The predicted molar refractivity (Wildman–Crippen MR) is 95.3 cm³/mol. The van der Waals surface area contributed by atoms with Crippen molar-refractivity contribution < 1.29 is 8.42 Å². The smallest absolute Gasteiger partial charge is 0.238 e. The summed E-state index contributed by atoms with van der Waals surface area (Å²) in [5.41, 5.74) is 0.745. The lowest BCUT2D eigenvalue weighted by atomic mass is 10.1. The lowest BCUT2D eigenvalue weighted by molar-refractivity contribution is 0.332. The molecule has 5 nitrogen and oxygen atoms in total. The average molecular weight is 344 g/mol. The molecule has 0 aromatic heterocycles. The van der Waals surface area contributed by atoms with Crippen molar-refractivity contribution in [2.75, 3.05) is 18.4 Å². The number of nitrogens with one attached hydrogen (secondary N) is 1. The third-order valence-corrected chi connectivity index (χ3v) is 4.18. The Morgan fingerprint density at radius 3 is 1.95 bits per heavy atom. The molecule has 0 aliphatic heterocycles. The van der Waals surface area contributed by atoms with E-state index in [0.717, 1.165) is 18.8 Å². The fraction of sp³-hybridized carbons (Fsp3) is 0.533. The van der Waals surface area contributed by atoms with Crippen LogP contribution >= 0.6 is 12.2 Å². The van der Waals surface area contributed by atoms with Crippen LogP contribution in [0.1, 0.15) is 27.7 Å². The van der Waals surface area contributed by atoms with Gasteiger partial charge in [-0.25, -0.2) is 13.6 Å². The number of hydrogen-bond acceptors (Lipinski definition) is 3. The van der Waals surface area contributed by atoms with Gasteiger partial charge in [0.15, 0.2) is 5.11 Å². The van der Waals surface area contributed by atoms with Crippen LogP contribution in [-0.4, -0.2) is 31.5 Å². The van der Waals surface area contributed by atoms with Gasteiger partial charge in [0.1, 0.15) is 0 Å². The Morgan fingerprint density at radius 1 is 1.14 bits per heavy atom. The van der Waals surface area contributed by atoms with E-state index in [0.29, 0.717) is 16.9 Å². The molecule has 0 unspecified atom stereocenters. The number of thiocarbonyl (C=S) groups is 1. The summed E-state index contributed by atoms with van der Waals surface area (Å²) in [6, 6.07) is 6.26. The summed E-state index contributed by atoms with van der Waals surface area (Å²) >= 11 is 5.47. The summed E-state index contributed by atoms with van der Waals surface area (Å²) in [6.07, 6.45) is 0. The monoisotopic (exact) mass is 343 g/mol. The molecule has 1 rings (SSSR count). The van der Waals surface area contributed by atoms with Crippen LogP contribution in [0, 0.1) is 11.8 Å². The Labute approximate surface area is 138 Å². The van der Waals surface area contributed by atoms with Crippen molar-refractivity contribution in [3.8, 4) is 0 Å². The Hall–Kier alpha value is -1.18. The Morgan fingerprint density at radius 2 is 1.59 bits per heavy atom. The number of benzene rings is 1. The van der Waals surface area contributed by atoms with E-state index in [1.54, 1.807) is 12.1 Å². The summed E-state index contributed by atoms with van der Waals surface area (Å²) in [6.45, 7) is 10.3. The highest BCUT2D eigenvalue weighted by molar-refractivity contribution is 7.89. The maximum absolute atomic E-state index is 11.2. The quantitative estimate of drug-likeness (QED) is 0.777. The van der Waals surface area contributed by atoms with Crippen LogP contribution in [0.3, 0.4) is 0 Å². The largest absolute Gasteiger partial charge is 0.349 e. The number of sulfonamides is 1. The van der Waals surface area contributed by atoms with Crippen molar-refractivity contribution in [3.05, 3.63) is 24.3 Å². The molecule has 7 heteroatoms. The number of nitrogens with zero attached hydrogens (tertiary/aromatic N) is 1. The molecule has 0 radical (unpaired) electrons. The standard InChI is InChI=1S/C15H25N3O2S2/c1-11(2)9-18(10-12(3)4)15(21)17-13-5-7-14(8-6-13)22(16,19)20/h5-8,11-12H,9-10H2,1-4H3,(H,17,21)(H2,16,19,20). The van der Waals surface area contributed by atoms with E-state index in [4.69, 9.17) is 17.4 Å². The molecule has 1 aromatic carbocycles. The van der Waals surface area contributed by atoms with Gasteiger partial charge in [-0.2, -0.15) is 0 Å². The minimum Gasteiger partial charge on any atom is -0.349 e. The molecule has 0 saturated heterocycles. The van der Waals surface area contributed by atoms with Crippen molar-refractivity contribution in [3.63, 3.8) is 0 Å². The molecular formula is C15H25N3O2S2. The first-order valence-electron chi connectivity index (χ1n) is 7.28. The molecule has 0 aliphatic carbocycles. The van der Waals surface area contributed by atoms with E-state index in [2.05, 4.69) is 37.9 Å². The van der Waals surface area contributed by atoms with Crippen LogP contribution in [-0.2, 0) is 10.0 Å². The van der Waals surface area contributed by atoms with Gasteiger partial charge in [0.25, 0.3) is 0 Å². The second-order valence-electron chi connectivity index (χ2n) is 6.19. The molecule has 0 saturated carbocycles. The number of nitrogens with two attached hydrogens (primary N) is 1. The van der Waals surface area contributed by atoms with Crippen molar-refractivity contribution >= 4 is 33.0 Å². The lowest BCUT2D eigenvalue weighted by Crippen LogP contribution is -2.39. The molecule has 0 heterocycles. The second kappa shape index (κ2) is 7.89. The molecule has 1 aromatic rings. The van der Waals surface area contributed by atoms with Gasteiger partial charge < -0.3 is 10.2 Å². The highest BCUT2D eigenvalue weighted by Gasteiger charge is 2.14. The van der Waals surface area contributed by atoms with Gasteiger partial charge in [-0.15, -0.1) is 0 Å². The third-order valence-electron chi connectivity index (χ3n) is 2.89. The second-order valence-corrected chi connectivity index (χ2v) is 8.14. The first-order valence-corrected chi connectivity index (χ1v) is 9.24. The predicted octanol–water partition coefficient (Wildman–Crippen LogP) is 2.64. The summed E-state index contributed by atoms with van der Waals surface area (Å²) in [4.78, 5) is 2.23. The van der Waals surface area contributed by atoms with E-state index >= 15 is 0 Å². The summed E-state index contributed by atoms with van der Waals surface area (Å²) in [7, 11) is -3.67. The van der Waals surface area contributed by atoms with E-state index in [9.17, 15) is 8.42 Å². The Bertz CT molecular complexity index is 586. The highest BCUT2D eigenvalue weighted by atomic mass is 32.2. The van der Waals surface area contributed by atoms with Crippen LogP contribution in [0.15, 0.2) is 29.2 Å². The zero-order valence-corrected chi connectivity index (χ0v) is 15.2. The zero-order valence-electron chi connectivity index (χ0n) is 13.5. The maximum Gasteiger partial charge on any atom is 0.238 e. The fourth-order valence-corrected chi connectivity index (χ4v) is 2.83. The topological polar surface area (TPSA) is 75.4 Å². The highest BCUT2D eigenvalue weighted by Crippen LogP contribution is 2.14. The maximum atomic E-state index is 11.2. The van der Waals surface area contributed by atoms with Gasteiger partial charge in [0, 0.05) is 18.8 Å². The minimum absolute atomic E-state index is 0.0881. The average Bonchev–Trinajstić information content (AvgIpc) is 2.36. The van der Waals surface area contributed by atoms with Crippen molar-refractivity contribution in [2.24, 2.45) is 17.0 Å². The zero-order chi connectivity index (χ0) is 16.9. The van der Waals surface area contributed by atoms with Crippen LogP contribution < -0.4 is 10.5 Å². The van der Waals surface area contributed by atoms with Gasteiger partial charge in [0.05, 0.1) is 4.90 Å². The minimum atomic E-state index is -3.67. The molecular weight excluding hydrogens is 318 g/mol.